The number of carbonyl (C=O) groups excluding carboxylic acids is 2. The summed E-state index contributed by atoms with van der Waals surface area (Å²) in [5.74, 6) is 1.15. The molecule has 4 aliphatic rings. The highest BCUT2D eigenvalue weighted by molar-refractivity contribution is 5.90. The molecule has 0 radical (unpaired) electrons. The van der Waals surface area contributed by atoms with E-state index in [0.717, 1.165) is 32.1 Å². The molecule has 4 nitrogen and oxygen atoms in total. The Morgan fingerprint density at radius 1 is 1.22 bits per heavy atom. The second kappa shape index (κ2) is 4.92. The van der Waals surface area contributed by atoms with Crippen LogP contribution in [0.5, 0.6) is 0 Å². The minimum absolute atomic E-state index is 0.00781. The third-order valence-electron chi connectivity index (χ3n) is 7.62. The second-order valence-corrected chi connectivity index (χ2v) is 8.66. The Morgan fingerprint density at radius 2 is 2.00 bits per heavy atom. The van der Waals surface area contributed by atoms with E-state index in [1.807, 2.05) is 0 Å². The van der Waals surface area contributed by atoms with E-state index in [4.69, 9.17) is 0 Å². The summed E-state index contributed by atoms with van der Waals surface area (Å²) in [5, 5.41) is 13.4. The van der Waals surface area contributed by atoms with E-state index in [1.54, 1.807) is 6.08 Å². The average molecular weight is 317 g/mol. The largest absolute Gasteiger partial charge is 0.393 e. The van der Waals surface area contributed by atoms with Crippen molar-refractivity contribution in [1.82, 2.24) is 5.32 Å². The van der Waals surface area contributed by atoms with Gasteiger partial charge in [0, 0.05) is 35.8 Å². The molecule has 2 N–H and O–H groups in total. The first-order chi connectivity index (χ1) is 10.9. The first-order valence-electron chi connectivity index (χ1n) is 9.06. The van der Waals surface area contributed by atoms with E-state index in [1.165, 1.54) is 5.57 Å². The van der Waals surface area contributed by atoms with Gasteiger partial charge in [0.1, 0.15) is 5.78 Å². The molecule has 4 rings (SSSR count). The van der Waals surface area contributed by atoms with Gasteiger partial charge in [-0.05, 0) is 43.9 Å². The van der Waals surface area contributed by atoms with Crippen molar-refractivity contribution in [3.63, 3.8) is 0 Å². The summed E-state index contributed by atoms with van der Waals surface area (Å²) in [5.41, 5.74) is 0.757. The summed E-state index contributed by atoms with van der Waals surface area (Å²) < 4.78 is 0. The van der Waals surface area contributed by atoms with Crippen molar-refractivity contribution < 1.29 is 14.7 Å². The van der Waals surface area contributed by atoms with Crippen LogP contribution in [-0.2, 0) is 9.59 Å². The van der Waals surface area contributed by atoms with Crippen LogP contribution in [-0.4, -0.2) is 29.4 Å². The second-order valence-electron chi connectivity index (χ2n) is 8.66. The van der Waals surface area contributed by atoms with Crippen molar-refractivity contribution in [3.05, 3.63) is 11.6 Å². The first-order valence-corrected chi connectivity index (χ1v) is 9.06. The number of aliphatic hydroxyl groups is 1. The maximum absolute atomic E-state index is 13.1. The molecular formula is C19H27NO3. The normalized spacial score (nSPS) is 49.4. The van der Waals surface area contributed by atoms with Gasteiger partial charge in [-0.3, -0.25) is 9.59 Å². The van der Waals surface area contributed by atoms with E-state index in [2.05, 4.69) is 19.2 Å². The fraction of sp³-hybridized carbons (Fsp3) is 0.789. The van der Waals surface area contributed by atoms with Crippen LogP contribution in [0.3, 0.4) is 0 Å². The molecule has 0 spiro atoms. The highest BCUT2D eigenvalue weighted by Gasteiger charge is 2.61. The standard InChI is InChI=1S/C19H27NO3/c1-18-7-8-20-16(23)9-11(18)3-4-12-13-5-6-15(22)19(13,2)10-14(21)17(12)18/h9,12-13,15,17,22H,3-8,10H2,1-2H3,(H,20,23)/t12-,13-,15-,17+,18-,19-/m0/s1. The molecule has 23 heavy (non-hydrogen) atoms. The number of fused-ring (bicyclic) bond motifs is 5. The third kappa shape index (κ3) is 2.00. The third-order valence-corrected chi connectivity index (χ3v) is 7.62. The first kappa shape index (κ1) is 15.4. The van der Waals surface area contributed by atoms with Gasteiger partial charge in [0.15, 0.2) is 0 Å². The highest BCUT2D eigenvalue weighted by Crippen LogP contribution is 2.63. The van der Waals surface area contributed by atoms with Crippen LogP contribution in [0.2, 0.25) is 0 Å². The van der Waals surface area contributed by atoms with E-state index in [0.29, 0.717) is 30.6 Å². The Morgan fingerprint density at radius 3 is 2.78 bits per heavy atom. The maximum atomic E-state index is 13.1. The smallest absolute Gasteiger partial charge is 0.243 e. The maximum Gasteiger partial charge on any atom is 0.243 e. The molecule has 0 aromatic rings. The zero-order chi connectivity index (χ0) is 16.4. The average Bonchev–Trinajstić information content (AvgIpc) is 2.67. The molecular weight excluding hydrogens is 290 g/mol. The summed E-state index contributed by atoms with van der Waals surface area (Å²) in [6, 6.07) is 0. The summed E-state index contributed by atoms with van der Waals surface area (Å²) in [6.45, 7) is 4.97. The van der Waals surface area contributed by atoms with E-state index >= 15 is 0 Å². The van der Waals surface area contributed by atoms with Crippen LogP contribution >= 0.6 is 0 Å². The molecule has 3 fully saturated rings. The predicted molar refractivity (Wildman–Crippen MR) is 86.5 cm³/mol. The summed E-state index contributed by atoms with van der Waals surface area (Å²) in [6.07, 6.45) is 6.55. The molecule has 6 atom stereocenters. The van der Waals surface area contributed by atoms with Gasteiger partial charge >= 0.3 is 0 Å². The van der Waals surface area contributed by atoms with Gasteiger partial charge < -0.3 is 10.4 Å². The van der Waals surface area contributed by atoms with Crippen LogP contribution in [0, 0.1) is 28.6 Å². The number of aliphatic hydroxyl groups excluding tert-OH is 1. The van der Waals surface area contributed by atoms with Crippen LogP contribution in [0.1, 0.15) is 52.4 Å². The predicted octanol–water partition coefficient (Wildman–Crippen LogP) is 2.22. The number of nitrogens with one attached hydrogen (secondary N) is 1. The van der Waals surface area contributed by atoms with Crippen LogP contribution in [0.15, 0.2) is 11.6 Å². The quantitative estimate of drug-likeness (QED) is 0.720. The topological polar surface area (TPSA) is 66.4 Å². The minimum Gasteiger partial charge on any atom is -0.393 e. The van der Waals surface area contributed by atoms with Gasteiger partial charge in [-0.25, -0.2) is 0 Å². The van der Waals surface area contributed by atoms with Gasteiger partial charge in [-0.2, -0.15) is 0 Å². The molecule has 126 valence electrons. The minimum atomic E-state index is -0.334. The number of carbonyl (C=O) groups is 2. The van der Waals surface area contributed by atoms with Gasteiger partial charge in [-0.15, -0.1) is 0 Å². The SMILES string of the molecule is C[C@]12CC(=O)[C@H]3[C@@H](CCC4=CC(=O)NCC[C@@]43C)[C@@H]1CC[C@@H]2O. The van der Waals surface area contributed by atoms with Crippen LogP contribution in [0.25, 0.3) is 0 Å². The molecule has 0 unspecified atom stereocenters. The van der Waals surface area contributed by atoms with Gasteiger partial charge in [0.05, 0.1) is 6.10 Å². The van der Waals surface area contributed by atoms with E-state index in [-0.39, 0.29) is 28.8 Å². The van der Waals surface area contributed by atoms with Crippen molar-refractivity contribution in [2.24, 2.45) is 28.6 Å². The zero-order valence-corrected chi connectivity index (χ0v) is 14.1. The number of amides is 1. The van der Waals surface area contributed by atoms with Crippen molar-refractivity contribution in [2.75, 3.05) is 6.54 Å². The van der Waals surface area contributed by atoms with Crippen LogP contribution < -0.4 is 5.32 Å². The fourth-order valence-corrected chi connectivity index (χ4v) is 6.36. The Bertz CT molecular complexity index is 597. The summed E-state index contributed by atoms with van der Waals surface area (Å²) in [4.78, 5) is 25.0. The molecule has 0 aromatic carbocycles. The Balaban J connectivity index is 1.76. The summed E-state index contributed by atoms with van der Waals surface area (Å²) in [7, 11) is 0. The van der Waals surface area contributed by atoms with Crippen molar-refractivity contribution >= 4 is 11.7 Å². The lowest BCUT2D eigenvalue weighted by molar-refractivity contribution is -0.147. The molecule has 0 aromatic heterocycles. The van der Waals surface area contributed by atoms with Crippen molar-refractivity contribution in [2.45, 2.75) is 58.5 Å². The molecule has 1 heterocycles. The number of rotatable bonds is 0. The van der Waals surface area contributed by atoms with E-state index < -0.39 is 0 Å². The molecule has 0 bridgehead atoms. The lowest BCUT2D eigenvalue weighted by Crippen LogP contribution is -2.55. The van der Waals surface area contributed by atoms with Crippen molar-refractivity contribution in [3.8, 4) is 0 Å². The van der Waals surface area contributed by atoms with Gasteiger partial charge in [-0.1, -0.05) is 19.4 Å². The highest BCUT2D eigenvalue weighted by atomic mass is 16.3. The Kier molecular flexibility index (Phi) is 3.29. The molecule has 3 saturated carbocycles. The number of allylic oxidation sites excluding steroid dienone is 1. The van der Waals surface area contributed by atoms with Crippen LogP contribution in [0.4, 0.5) is 0 Å². The number of hydrogen-bond acceptors (Lipinski definition) is 3. The van der Waals surface area contributed by atoms with Crippen molar-refractivity contribution in [1.29, 1.82) is 0 Å². The Hall–Kier alpha value is -1.16. The van der Waals surface area contributed by atoms with E-state index in [9.17, 15) is 14.7 Å². The molecule has 3 aliphatic carbocycles. The molecule has 0 saturated heterocycles. The molecule has 1 aliphatic heterocycles. The zero-order valence-electron chi connectivity index (χ0n) is 14.1. The molecule has 4 heteroatoms. The Labute approximate surface area is 137 Å². The monoisotopic (exact) mass is 317 g/mol. The van der Waals surface area contributed by atoms with Gasteiger partial charge in [0.25, 0.3) is 0 Å². The lowest BCUT2D eigenvalue weighted by Gasteiger charge is -2.55. The number of Topliss-reactive ketones (excluding diaryl/α,β-unsaturated/α-hetero) is 1. The number of ketones is 1. The fourth-order valence-electron chi connectivity index (χ4n) is 6.36. The molecule has 1 amide bonds. The lowest BCUT2D eigenvalue weighted by atomic mass is 9.48. The summed E-state index contributed by atoms with van der Waals surface area (Å²) >= 11 is 0. The number of hydrogen-bond donors (Lipinski definition) is 2. The van der Waals surface area contributed by atoms with Gasteiger partial charge in [0.2, 0.25) is 5.91 Å².